The van der Waals surface area contributed by atoms with Crippen molar-refractivity contribution in [3.05, 3.63) is 87.6 Å². The molecule has 1 unspecified atom stereocenters. The van der Waals surface area contributed by atoms with Crippen molar-refractivity contribution in [2.45, 2.75) is 97.6 Å². The maximum absolute atomic E-state index is 16.9. The normalized spacial score (nSPS) is 18.8. The average Bonchev–Trinajstić information content (AvgIpc) is 4.17. The second-order valence-corrected chi connectivity index (χ2v) is 19.8. The Kier molecular flexibility index (Phi) is 12.3. The van der Waals surface area contributed by atoms with E-state index in [2.05, 4.69) is 51.1 Å². The number of fused-ring (bicyclic) bond motifs is 5. The molecule has 0 spiro atoms. The molecule has 6 aromatic rings. The second-order valence-electron chi connectivity index (χ2n) is 18.3. The fourth-order valence-electron chi connectivity index (χ4n) is 9.89. The second kappa shape index (κ2) is 18.2. The van der Waals surface area contributed by atoms with Gasteiger partial charge < -0.3 is 49.2 Å². The number of H-pyrrole nitrogens is 2. The van der Waals surface area contributed by atoms with Crippen LogP contribution in [0.15, 0.2) is 54.9 Å². The number of hydrogen-bond acceptors (Lipinski definition) is 10. The quantitative estimate of drug-likeness (QED) is 0.0983. The van der Waals surface area contributed by atoms with E-state index >= 15 is 4.39 Å². The number of imidazole rings is 2. The predicted molar refractivity (Wildman–Crippen MR) is 251 cm³/mol. The van der Waals surface area contributed by atoms with Crippen LogP contribution in [0.4, 0.5) is 14.0 Å². The number of nitrogens with zero attached hydrogens (tertiary/aromatic N) is 5. The van der Waals surface area contributed by atoms with Crippen molar-refractivity contribution < 1.29 is 37.8 Å². The van der Waals surface area contributed by atoms with E-state index in [0.29, 0.717) is 59.4 Å². The summed E-state index contributed by atoms with van der Waals surface area (Å²) in [5, 5.41) is 6.26. The molecule has 0 saturated carbocycles. The number of nitrogens with one attached hydrogen (secondary N) is 4. The summed E-state index contributed by atoms with van der Waals surface area (Å²) >= 11 is 1.68. The van der Waals surface area contributed by atoms with Gasteiger partial charge in [0.15, 0.2) is 0 Å². The smallest absolute Gasteiger partial charge is 0.407 e. The molecule has 5 atom stereocenters. The van der Waals surface area contributed by atoms with Crippen LogP contribution in [0.5, 0.6) is 5.75 Å². The van der Waals surface area contributed by atoms with Crippen LogP contribution in [0, 0.1) is 31.5 Å². The van der Waals surface area contributed by atoms with Crippen molar-refractivity contribution in [2.75, 3.05) is 27.3 Å². The SMILES string of the molecule is COC(=O)N[C@H](C(=O)N1CCC[C@H]1c1ncc(-c2cc(F)c3c(c2)OC(c2cc(C)sc2C)n2c-3cc3cc(-c4cnc([C@@H]5CCCN5C(=O)[C@@H](NC(=O)OC)C(C)C)[nH]4)ccc32)[nH]1)C(C)C. The number of rotatable bonds is 11. The van der Waals surface area contributed by atoms with E-state index in [1.54, 1.807) is 33.5 Å². The number of amides is 4. The van der Waals surface area contributed by atoms with Gasteiger partial charge in [-0.05, 0) is 87.8 Å². The number of halogens is 1. The number of carbonyl (C=O) groups excluding carboxylic acids is 4. The van der Waals surface area contributed by atoms with Crippen LogP contribution >= 0.6 is 11.3 Å². The van der Waals surface area contributed by atoms with Crippen molar-refractivity contribution in [3.8, 4) is 39.5 Å². The first-order valence-corrected chi connectivity index (χ1v) is 23.6. The first-order valence-electron chi connectivity index (χ1n) is 22.8. The molecule has 7 heterocycles. The summed E-state index contributed by atoms with van der Waals surface area (Å²) in [4.78, 5) is 73.9. The van der Waals surface area contributed by atoms with Gasteiger partial charge in [-0.15, -0.1) is 11.3 Å². The van der Waals surface area contributed by atoms with E-state index in [4.69, 9.17) is 24.2 Å². The Balaban J connectivity index is 1.03. The fourth-order valence-corrected chi connectivity index (χ4v) is 10.8. The Morgan fingerprint density at radius 2 is 1.36 bits per heavy atom. The molecule has 2 fully saturated rings. The Hall–Kier alpha value is -6.69. The molecule has 9 rings (SSSR count). The summed E-state index contributed by atoms with van der Waals surface area (Å²) in [5.74, 6) is 0.430. The van der Waals surface area contributed by atoms with Gasteiger partial charge in [-0.25, -0.2) is 23.9 Å². The first-order chi connectivity index (χ1) is 32.1. The Bertz CT molecular complexity index is 2880. The van der Waals surface area contributed by atoms with Gasteiger partial charge in [-0.3, -0.25) is 9.59 Å². The Morgan fingerprint density at radius 1 is 0.791 bits per heavy atom. The maximum Gasteiger partial charge on any atom is 0.407 e. The largest absolute Gasteiger partial charge is 0.465 e. The summed E-state index contributed by atoms with van der Waals surface area (Å²) in [6.45, 7) is 12.7. The third-order valence-corrected chi connectivity index (χ3v) is 14.2. The molecule has 352 valence electrons. The van der Waals surface area contributed by atoms with Crippen molar-refractivity contribution in [3.63, 3.8) is 0 Å². The number of likely N-dealkylation sites (tertiary alicyclic amines) is 2. The van der Waals surface area contributed by atoms with Gasteiger partial charge in [0.2, 0.25) is 18.0 Å². The molecule has 18 heteroatoms. The molecule has 4 N–H and O–H groups in total. The van der Waals surface area contributed by atoms with E-state index in [1.165, 1.54) is 20.3 Å². The number of benzene rings is 2. The molecule has 16 nitrogen and oxygen atoms in total. The molecule has 0 radical (unpaired) electrons. The minimum absolute atomic E-state index is 0.152. The monoisotopic (exact) mass is 933 g/mol. The number of thiophene rings is 1. The Labute approximate surface area is 391 Å². The zero-order valence-corrected chi connectivity index (χ0v) is 39.7. The summed E-state index contributed by atoms with van der Waals surface area (Å²) in [6, 6.07) is 11.4. The van der Waals surface area contributed by atoms with Crippen LogP contribution in [-0.4, -0.2) is 97.7 Å². The highest BCUT2D eigenvalue weighted by molar-refractivity contribution is 7.12. The van der Waals surface area contributed by atoms with Crippen molar-refractivity contribution in [1.29, 1.82) is 0 Å². The summed E-state index contributed by atoms with van der Waals surface area (Å²) < 4.78 is 35.4. The third kappa shape index (κ3) is 8.40. The van der Waals surface area contributed by atoms with Crippen molar-refractivity contribution in [2.24, 2.45) is 11.8 Å². The molecule has 4 aromatic heterocycles. The molecule has 3 aliphatic heterocycles. The van der Waals surface area contributed by atoms with Crippen LogP contribution < -0.4 is 15.4 Å². The van der Waals surface area contributed by atoms with Gasteiger partial charge in [0.25, 0.3) is 0 Å². The van der Waals surface area contributed by atoms with Crippen LogP contribution in [0.25, 0.3) is 44.7 Å². The highest BCUT2D eigenvalue weighted by atomic mass is 32.1. The third-order valence-electron chi connectivity index (χ3n) is 13.3. The number of alkyl carbamates (subject to hydrolysis) is 2. The molecule has 4 amide bonds. The van der Waals surface area contributed by atoms with Crippen molar-refractivity contribution >= 4 is 46.2 Å². The highest BCUT2D eigenvalue weighted by Crippen LogP contribution is 2.48. The van der Waals surface area contributed by atoms with E-state index in [1.807, 2.05) is 52.0 Å². The van der Waals surface area contributed by atoms with Gasteiger partial charge >= 0.3 is 12.2 Å². The van der Waals surface area contributed by atoms with Crippen molar-refractivity contribution in [1.82, 2.24) is 44.9 Å². The summed E-state index contributed by atoms with van der Waals surface area (Å²) in [5.41, 5.74) is 5.60. The number of hydrogen-bond donors (Lipinski definition) is 4. The molecule has 0 bridgehead atoms. The van der Waals surface area contributed by atoms with Crippen LogP contribution in [0.2, 0.25) is 0 Å². The van der Waals surface area contributed by atoms with E-state index in [0.717, 1.165) is 56.7 Å². The zero-order valence-electron chi connectivity index (χ0n) is 38.9. The average molecular weight is 934 g/mol. The molecule has 2 aromatic carbocycles. The van der Waals surface area contributed by atoms with Gasteiger partial charge in [-0.1, -0.05) is 33.8 Å². The summed E-state index contributed by atoms with van der Waals surface area (Å²) in [7, 11) is 2.55. The van der Waals surface area contributed by atoms with Crippen LogP contribution in [0.1, 0.15) is 98.7 Å². The molecular weight excluding hydrogens is 878 g/mol. The predicted octanol–water partition coefficient (Wildman–Crippen LogP) is 8.93. The minimum atomic E-state index is -0.770. The van der Waals surface area contributed by atoms with E-state index in [-0.39, 0.29) is 35.7 Å². The number of aromatic nitrogens is 5. The fraction of sp³-hybridized carbons (Fsp3) is 0.429. The lowest BCUT2D eigenvalue weighted by atomic mass is 10.0. The molecule has 0 aliphatic carbocycles. The number of methoxy groups -OCH3 is 2. The molecule has 3 aliphatic rings. The zero-order chi connectivity index (χ0) is 47.4. The lowest BCUT2D eigenvalue weighted by Crippen LogP contribution is -2.51. The van der Waals surface area contributed by atoms with Crippen LogP contribution in [0.3, 0.4) is 0 Å². The molecule has 67 heavy (non-hydrogen) atoms. The first kappa shape index (κ1) is 45.5. The number of aryl methyl sites for hydroxylation is 2. The highest BCUT2D eigenvalue weighted by Gasteiger charge is 2.40. The van der Waals surface area contributed by atoms with Gasteiger partial charge in [-0.2, -0.15) is 0 Å². The molecule has 2 saturated heterocycles. The lowest BCUT2D eigenvalue weighted by molar-refractivity contribution is -0.136. The topological polar surface area (TPSA) is 189 Å². The Morgan fingerprint density at radius 3 is 1.88 bits per heavy atom. The number of aromatic amines is 2. The van der Waals surface area contributed by atoms with Gasteiger partial charge in [0, 0.05) is 44.9 Å². The van der Waals surface area contributed by atoms with E-state index < -0.39 is 36.3 Å². The van der Waals surface area contributed by atoms with Gasteiger partial charge in [0.1, 0.15) is 35.3 Å². The number of ether oxygens (including phenoxy) is 3. The minimum Gasteiger partial charge on any atom is -0.465 e. The van der Waals surface area contributed by atoms with E-state index in [9.17, 15) is 19.2 Å². The maximum atomic E-state index is 16.9. The number of carbonyl (C=O) groups is 4. The molecular formula is C49H56FN9O7S. The summed E-state index contributed by atoms with van der Waals surface area (Å²) in [6.07, 6.45) is 4.47. The lowest BCUT2D eigenvalue weighted by Gasteiger charge is -2.31. The van der Waals surface area contributed by atoms with Crippen LogP contribution in [-0.2, 0) is 19.1 Å². The standard InChI is InChI=1S/C49H56FN9O7S/c1-24(2)41(55-48(62)64-7)45(60)57-15-9-11-36(57)43-51-22-33(53-43)28-13-14-35-30(18-28)20-38-40-32(50)19-29(21-39(40)66-47(59(35)38)31-17-26(5)67-27(31)6)34-23-52-44(54-34)37-12-10-16-58(37)46(61)42(25(3)4)56-49(63)65-8/h13-14,17-25,36-37,41-42,47H,9-12,15-16H2,1-8H3,(H,51,53)(H,52,54)(H,55,62)(H,56,63)/t36-,37-,41-,42-,47?/m0/s1. The van der Waals surface area contributed by atoms with Gasteiger partial charge in [0.05, 0.1) is 66.9 Å².